The summed E-state index contributed by atoms with van der Waals surface area (Å²) >= 11 is 8.83. The molecule has 2 nitrogen and oxygen atoms in total. The van der Waals surface area contributed by atoms with Crippen LogP contribution in [0.5, 0.6) is 0 Å². The summed E-state index contributed by atoms with van der Waals surface area (Å²) in [6.45, 7) is 0. The highest BCUT2D eigenvalue weighted by molar-refractivity contribution is 9.09. The molecule has 54 valence electrons. The Balaban J connectivity index is 2.69. The van der Waals surface area contributed by atoms with Gasteiger partial charge in [0.25, 0.3) is 0 Å². The minimum absolute atomic E-state index is 0.443. The number of nitrogens with zero attached hydrogens (tertiary/aromatic N) is 2. The highest BCUT2D eigenvalue weighted by Gasteiger charge is 1.92. The van der Waals surface area contributed by atoms with Gasteiger partial charge in [0.15, 0.2) is 0 Å². The van der Waals surface area contributed by atoms with E-state index < -0.39 is 0 Å². The lowest BCUT2D eigenvalue weighted by atomic mass is 10.4. The number of hydrogen-bond acceptors (Lipinski definition) is 2. The lowest BCUT2D eigenvalue weighted by Crippen LogP contribution is -1.91. The third-order valence-corrected chi connectivity index (χ3v) is 1.62. The molecule has 0 N–H and O–H groups in total. The zero-order chi connectivity index (χ0) is 7.40. The predicted octanol–water partition coefficient (Wildman–Crippen LogP) is 2.07. The van der Waals surface area contributed by atoms with Crippen LogP contribution in [0.1, 0.15) is 5.69 Å². The van der Waals surface area contributed by atoms with Crippen LogP contribution < -0.4 is 0 Å². The highest BCUT2D eigenvalue weighted by atomic mass is 79.9. The fraction of sp³-hybridized carbons (Fsp3) is 0.333. The highest BCUT2D eigenvalue weighted by Crippen LogP contribution is 2.02. The number of aryl methyl sites for hydroxylation is 1. The molecule has 0 fully saturated rings. The Kier molecular flexibility index (Phi) is 3.09. The van der Waals surface area contributed by atoms with Crippen molar-refractivity contribution < 1.29 is 0 Å². The van der Waals surface area contributed by atoms with E-state index in [1.807, 2.05) is 0 Å². The van der Waals surface area contributed by atoms with Crippen molar-refractivity contribution in [3.05, 3.63) is 23.2 Å². The molecule has 1 rings (SSSR count). The molecule has 0 aliphatic heterocycles. The van der Waals surface area contributed by atoms with Crippen LogP contribution in [0.25, 0.3) is 0 Å². The van der Waals surface area contributed by atoms with E-state index in [1.54, 1.807) is 12.4 Å². The molecule has 1 heterocycles. The molecule has 0 unspecified atom stereocenters. The smallest absolute Gasteiger partial charge is 0.147 e. The summed E-state index contributed by atoms with van der Waals surface area (Å²) in [5.41, 5.74) is 0.960. The van der Waals surface area contributed by atoms with Crippen molar-refractivity contribution in [1.82, 2.24) is 9.97 Å². The molecule has 1 aromatic rings. The van der Waals surface area contributed by atoms with Gasteiger partial charge in [0.1, 0.15) is 5.15 Å². The maximum Gasteiger partial charge on any atom is 0.147 e. The predicted molar refractivity (Wildman–Crippen MR) is 44.5 cm³/mol. The van der Waals surface area contributed by atoms with Crippen LogP contribution in [0, 0.1) is 0 Å². The van der Waals surface area contributed by atoms with E-state index in [9.17, 15) is 0 Å². The second-order valence-electron chi connectivity index (χ2n) is 1.77. The number of rotatable bonds is 2. The quantitative estimate of drug-likeness (QED) is 0.715. The van der Waals surface area contributed by atoms with Gasteiger partial charge in [-0.25, -0.2) is 4.98 Å². The molecule has 0 aliphatic carbocycles. The van der Waals surface area contributed by atoms with Gasteiger partial charge >= 0.3 is 0 Å². The van der Waals surface area contributed by atoms with E-state index in [0.29, 0.717) is 5.15 Å². The molecule has 0 spiro atoms. The molecule has 0 radical (unpaired) electrons. The maximum absolute atomic E-state index is 5.53. The SMILES string of the molecule is Clc1cnc(CCBr)cn1. The van der Waals surface area contributed by atoms with Gasteiger partial charge in [-0.2, -0.15) is 0 Å². The Morgan fingerprint density at radius 3 is 2.70 bits per heavy atom. The molecule has 4 heteroatoms. The minimum Gasteiger partial charge on any atom is -0.256 e. The van der Waals surface area contributed by atoms with Crippen LogP contribution in [0.2, 0.25) is 5.15 Å². The summed E-state index contributed by atoms with van der Waals surface area (Å²) in [5, 5.41) is 1.35. The zero-order valence-electron chi connectivity index (χ0n) is 5.22. The van der Waals surface area contributed by atoms with Crippen LogP contribution in [0.4, 0.5) is 0 Å². The molecular weight excluding hydrogens is 215 g/mol. The van der Waals surface area contributed by atoms with E-state index in [0.717, 1.165) is 17.4 Å². The van der Waals surface area contributed by atoms with E-state index in [1.165, 1.54) is 0 Å². The van der Waals surface area contributed by atoms with Gasteiger partial charge < -0.3 is 0 Å². The number of aromatic nitrogens is 2. The average molecular weight is 221 g/mol. The molecule has 0 saturated heterocycles. The van der Waals surface area contributed by atoms with Crippen molar-refractivity contribution in [3.8, 4) is 0 Å². The van der Waals surface area contributed by atoms with E-state index in [4.69, 9.17) is 11.6 Å². The van der Waals surface area contributed by atoms with Crippen molar-refractivity contribution in [3.63, 3.8) is 0 Å². The Bertz CT molecular complexity index is 199. The van der Waals surface area contributed by atoms with Crippen molar-refractivity contribution in [2.24, 2.45) is 0 Å². The molecule has 0 aromatic carbocycles. The van der Waals surface area contributed by atoms with Gasteiger partial charge in [-0.15, -0.1) is 0 Å². The molecule has 0 amide bonds. The van der Waals surface area contributed by atoms with Crippen molar-refractivity contribution >= 4 is 27.5 Å². The normalized spacial score (nSPS) is 9.80. The van der Waals surface area contributed by atoms with Gasteiger partial charge in [-0.1, -0.05) is 27.5 Å². The van der Waals surface area contributed by atoms with E-state index >= 15 is 0 Å². The fourth-order valence-electron chi connectivity index (χ4n) is 0.565. The van der Waals surface area contributed by atoms with Gasteiger partial charge in [0.05, 0.1) is 18.1 Å². The van der Waals surface area contributed by atoms with Gasteiger partial charge in [0.2, 0.25) is 0 Å². The van der Waals surface area contributed by atoms with Gasteiger partial charge in [0, 0.05) is 11.8 Å². The fourth-order valence-corrected chi connectivity index (χ4v) is 1.07. The summed E-state index contributed by atoms with van der Waals surface area (Å²) in [6.07, 6.45) is 4.13. The third kappa shape index (κ3) is 2.23. The Morgan fingerprint density at radius 2 is 2.20 bits per heavy atom. The first-order valence-corrected chi connectivity index (χ1v) is 4.35. The second kappa shape index (κ2) is 3.88. The zero-order valence-corrected chi connectivity index (χ0v) is 7.56. The third-order valence-electron chi connectivity index (χ3n) is 1.02. The summed E-state index contributed by atoms with van der Waals surface area (Å²) < 4.78 is 0. The van der Waals surface area contributed by atoms with Crippen LogP contribution in [-0.4, -0.2) is 15.3 Å². The maximum atomic E-state index is 5.53. The Hall–Kier alpha value is -0.150. The molecular formula is C6H6BrClN2. The first-order valence-electron chi connectivity index (χ1n) is 2.85. The second-order valence-corrected chi connectivity index (χ2v) is 2.95. The first-order chi connectivity index (χ1) is 4.83. The van der Waals surface area contributed by atoms with Gasteiger partial charge in [-0.3, -0.25) is 4.98 Å². The number of hydrogen-bond donors (Lipinski definition) is 0. The summed E-state index contributed by atoms with van der Waals surface area (Å²) in [5.74, 6) is 0. The minimum atomic E-state index is 0.443. The lowest BCUT2D eigenvalue weighted by molar-refractivity contribution is 1.01. The summed E-state index contributed by atoms with van der Waals surface area (Å²) in [6, 6.07) is 0. The van der Waals surface area contributed by atoms with Crippen LogP contribution in [0.15, 0.2) is 12.4 Å². The van der Waals surface area contributed by atoms with Crippen LogP contribution in [0.3, 0.4) is 0 Å². The largest absolute Gasteiger partial charge is 0.256 e. The molecule has 1 aromatic heterocycles. The standard InChI is InChI=1S/C6H6BrClN2/c7-2-1-5-3-10-6(8)4-9-5/h3-4H,1-2H2. The van der Waals surface area contributed by atoms with E-state index in [-0.39, 0.29) is 0 Å². The molecule has 0 saturated carbocycles. The molecule has 10 heavy (non-hydrogen) atoms. The van der Waals surface area contributed by atoms with Crippen LogP contribution >= 0.6 is 27.5 Å². The van der Waals surface area contributed by atoms with Gasteiger partial charge in [-0.05, 0) is 0 Å². The molecule has 0 bridgehead atoms. The van der Waals surface area contributed by atoms with Crippen LogP contribution in [-0.2, 0) is 6.42 Å². The lowest BCUT2D eigenvalue weighted by Gasteiger charge is -1.93. The topological polar surface area (TPSA) is 25.8 Å². The Labute approximate surface area is 72.8 Å². The first kappa shape index (κ1) is 7.95. The Morgan fingerprint density at radius 1 is 1.40 bits per heavy atom. The molecule has 0 atom stereocenters. The van der Waals surface area contributed by atoms with Crippen molar-refractivity contribution in [2.75, 3.05) is 5.33 Å². The average Bonchev–Trinajstić information content (AvgIpc) is 1.95. The number of halogens is 2. The number of alkyl halides is 1. The molecule has 0 aliphatic rings. The summed E-state index contributed by atoms with van der Waals surface area (Å²) in [4.78, 5) is 7.92. The van der Waals surface area contributed by atoms with Crippen molar-refractivity contribution in [2.45, 2.75) is 6.42 Å². The monoisotopic (exact) mass is 220 g/mol. The summed E-state index contributed by atoms with van der Waals surface area (Å²) in [7, 11) is 0. The van der Waals surface area contributed by atoms with Crippen molar-refractivity contribution in [1.29, 1.82) is 0 Å². The van der Waals surface area contributed by atoms with E-state index in [2.05, 4.69) is 25.9 Å².